The lowest BCUT2D eigenvalue weighted by Gasteiger charge is -2.28. The second-order valence-electron chi connectivity index (χ2n) is 7.59. The van der Waals surface area contributed by atoms with Crippen molar-refractivity contribution in [3.63, 3.8) is 0 Å². The van der Waals surface area contributed by atoms with Crippen LogP contribution in [0.3, 0.4) is 0 Å². The molecule has 0 aliphatic carbocycles. The maximum Gasteiger partial charge on any atom is 0.265 e. The summed E-state index contributed by atoms with van der Waals surface area (Å²) in [6, 6.07) is 26.2. The molecule has 0 saturated carbocycles. The van der Waals surface area contributed by atoms with Gasteiger partial charge in [0.25, 0.3) is 11.8 Å². The Labute approximate surface area is 185 Å². The van der Waals surface area contributed by atoms with E-state index in [1.165, 1.54) is 4.90 Å². The number of halogens is 1. The number of nitrogens with one attached hydrogen (secondary N) is 1. The van der Waals surface area contributed by atoms with E-state index >= 15 is 0 Å². The molecule has 0 unspecified atom stereocenters. The Balaban J connectivity index is 1.61. The van der Waals surface area contributed by atoms with E-state index in [0.717, 1.165) is 16.6 Å². The number of nitrogens with zero attached hydrogens (tertiary/aromatic N) is 1. The highest BCUT2D eigenvalue weighted by atomic mass is 35.5. The number of amides is 2. The Morgan fingerprint density at radius 3 is 2.26 bits per heavy atom. The van der Waals surface area contributed by atoms with E-state index in [4.69, 9.17) is 11.6 Å². The van der Waals surface area contributed by atoms with Crippen molar-refractivity contribution in [2.75, 3.05) is 10.2 Å². The van der Waals surface area contributed by atoms with E-state index in [1.54, 1.807) is 36.4 Å². The molecule has 2 amide bonds. The summed E-state index contributed by atoms with van der Waals surface area (Å²) < 4.78 is 0. The Bertz CT molecular complexity index is 1310. The molecule has 31 heavy (non-hydrogen) atoms. The third-order valence-corrected chi connectivity index (χ3v) is 5.88. The van der Waals surface area contributed by atoms with Crippen LogP contribution in [0.1, 0.15) is 39.2 Å². The molecule has 1 N–H and O–H groups in total. The summed E-state index contributed by atoms with van der Waals surface area (Å²) >= 11 is 6.10. The second-order valence-corrected chi connectivity index (χ2v) is 8.03. The lowest BCUT2D eigenvalue weighted by atomic mass is 9.92. The van der Waals surface area contributed by atoms with Crippen molar-refractivity contribution < 1.29 is 9.59 Å². The summed E-state index contributed by atoms with van der Waals surface area (Å²) in [6.45, 7) is 2.09. The normalized spacial score (nSPS) is 14.1. The molecule has 5 heteroatoms. The van der Waals surface area contributed by atoms with E-state index in [9.17, 15) is 9.59 Å². The third kappa shape index (κ3) is 3.25. The summed E-state index contributed by atoms with van der Waals surface area (Å²) in [5.74, 6) is -0.697. The first-order valence-electron chi connectivity index (χ1n) is 10.1. The molecule has 1 aliphatic rings. The average Bonchev–Trinajstić information content (AvgIpc) is 2.79. The number of anilines is 2. The molecule has 0 aromatic heterocycles. The van der Waals surface area contributed by atoms with Gasteiger partial charge in [0, 0.05) is 38.7 Å². The molecule has 1 aliphatic heterocycles. The van der Waals surface area contributed by atoms with Crippen molar-refractivity contribution in [1.82, 2.24) is 0 Å². The molecular formula is C26H19ClN2O2. The number of hydrogen-bond acceptors (Lipinski definition) is 3. The molecule has 4 nitrogen and oxygen atoms in total. The van der Waals surface area contributed by atoms with Gasteiger partial charge in [0.1, 0.15) is 0 Å². The zero-order valence-electron chi connectivity index (χ0n) is 16.8. The van der Waals surface area contributed by atoms with Gasteiger partial charge in [0.2, 0.25) is 0 Å². The molecule has 1 heterocycles. The smallest absolute Gasteiger partial charge is 0.265 e. The van der Waals surface area contributed by atoms with Crippen LogP contribution in [0.2, 0.25) is 5.02 Å². The highest BCUT2D eigenvalue weighted by Crippen LogP contribution is 2.37. The highest BCUT2D eigenvalue weighted by Gasteiger charge is 2.34. The predicted molar refractivity (Wildman–Crippen MR) is 125 cm³/mol. The van der Waals surface area contributed by atoms with Gasteiger partial charge in [-0.3, -0.25) is 9.59 Å². The molecule has 0 fully saturated rings. The lowest BCUT2D eigenvalue weighted by molar-refractivity contribution is 0.0893. The van der Waals surface area contributed by atoms with Crippen LogP contribution in [0.4, 0.5) is 11.4 Å². The summed E-state index contributed by atoms with van der Waals surface area (Å²) in [4.78, 5) is 27.8. The number of carbonyl (C=O) groups is 2. The standard InChI is InChI=1S/C26H19ClN2O2/c1-16(17-7-3-2-4-8-17)28-23-14-13-22-24-20(23)11-6-12-21(24)25(30)29(26(22)31)19-10-5-9-18(27)15-19/h2-16,28H,1H3/t16-/m1/s1. The van der Waals surface area contributed by atoms with Gasteiger partial charge < -0.3 is 5.32 Å². The first kappa shape index (κ1) is 19.3. The predicted octanol–water partition coefficient (Wildman–Crippen LogP) is 6.47. The lowest BCUT2D eigenvalue weighted by Crippen LogP contribution is -2.40. The molecule has 5 rings (SSSR count). The van der Waals surface area contributed by atoms with Gasteiger partial charge in [-0.25, -0.2) is 4.90 Å². The summed E-state index contributed by atoms with van der Waals surface area (Å²) in [7, 11) is 0. The molecule has 152 valence electrons. The first-order valence-corrected chi connectivity index (χ1v) is 10.4. The Hall–Kier alpha value is -3.63. The minimum atomic E-state index is -0.348. The number of rotatable bonds is 4. The molecular weight excluding hydrogens is 408 g/mol. The van der Waals surface area contributed by atoms with Crippen molar-refractivity contribution in [2.45, 2.75) is 13.0 Å². The molecule has 4 aromatic rings. The second kappa shape index (κ2) is 7.56. The van der Waals surface area contributed by atoms with Crippen LogP contribution in [0.5, 0.6) is 0 Å². The van der Waals surface area contributed by atoms with Crippen LogP contribution in [0.25, 0.3) is 10.8 Å². The fourth-order valence-corrected chi connectivity index (χ4v) is 4.31. The molecule has 0 spiro atoms. The van der Waals surface area contributed by atoms with Crippen LogP contribution in [0, 0.1) is 0 Å². The fraction of sp³-hybridized carbons (Fsp3) is 0.0769. The van der Waals surface area contributed by atoms with Gasteiger partial charge >= 0.3 is 0 Å². The van der Waals surface area contributed by atoms with E-state index in [1.807, 2.05) is 36.4 Å². The van der Waals surface area contributed by atoms with Crippen molar-refractivity contribution in [2.24, 2.45) is 0 Å². The van der Waals surface area contributed by atoms with Crippen LogP contribution >= 0.6 is 11.6 Å². The summed E-state index contributed by atoms with van der Waals surface area (Å²) in [5.41, 5.74) is 3.51. The Kier molecular flexibility index (Phi) is 4.72. The summed E-state index contributed by atoms with van der Waals surface area (Å²) in [6.07, 6.45) is 0. The SMILES string of the molecule is C[C@@H](Nc1ccc2c3c(cccc13)C(=O)N(c1cccc(Cl)c1)C2=O)c1ccccc1. The first-order chi connectivity index (χ1) is 15.0. The van der Waals surface area contributed by atoms with E-state index < -0.39 is 0 Å². The minimum absolute atomic E-state index is 0.0659. The summed E-state index contributed by atoms with van der Waals surface area (Å²) in [5, 5.41) is 5.53. The molecule has 0 saturated heterocycles. The molecule has 4 aromatic carbocycles. The Morgan fingerprint density at radius 1 is 0.806 bits per heavy atom. The number of imide groups is 1. The van der Waals surface area contributed by atoms with Gasteiger partial charge in [0.15, 0.2) is 0 Å². The zero-order valence-corrected chi connectivity index (χ0v) is 17.6. The van der Waals surface area contributed by atoms with Crippen molar-refractivity contribution >= 4 is 45.6 Å². The Morgan fingerprint density at radius 2 is 1.52 bits per heavy atom. The third-order valence-electron chi connectivity index (χ3n) is 5.65. The van der Waals surface area contributed by atoms with Crippen molar-refractivity contribution in [3.05, 3.63) is 107 Å². The van der Waals surface area contributed by atoms with Gasteiger partial charge in [-0.15, -0.1) is 0 Å². The maximum atomic E-state index is 13.3. The molecule has 1 atom stereocenters. The monoisotopic (exact) mass is 426 g/mol. The van der Waals surface area contributed by atoms with E-state index in [2.05, 4.69) is 24.4 Å². The van der Waals surface area contributed by atoms with Gasteiger partial charge in [-0.2, -0.15) is 0 Å². The average molecular weight is 427 g/mol. The van der Waals surface area contributed by atoms with Crippen molar-refractivity contribution in [3.8, 4) is 0 Å². The number of hydrogen-bond donors (Lipinski definition) is 1. The fourth-order valence-electron chi connectivity index (χ4n) is 4.13. The van der Waals surface area contributed by atoms with Crippen LogP contribution < -0.4 is 10.2 Å². The quantitative estimate of drug-likeness (QED) is 0.380. The van der Waals surface area contributed by atoms with Crippen LogP contribution in [0.15, 0.2) is 84.9 Å². The highest BCUT2D eigenvalue weighted by molar-refractivity contribution is 6.37. The topological polar surface area (TPSA) is 49.4 Å². The van der Waals surface area contributed by atoms with Gasteiger partial charge in [-0.05, 0) is 48.9 Å². The minimum Gasteiger partial charge on any atom is -0.378 e. The van der Waals surface area contributed by atoms with Crippen molar-refractivity contribution in [1.29, 1.82) is 0 Å². The largest absolute Gasteiger partial charge is 0.378 e. The van der Waals surface area contributed by atoms with Crippen LogP contribution in [-0.4, -0.2) is 11.8 Å². The molecule has 0 bridgehead atoms. The van der Waals surface area contributed by atoms with Gasteiger partial charge in [0.05, 0.1) is 5.69 Å². The number of carbonyl (C=O) groups excluding carboxylic acids is 2. The van der Waals surface area contributed by atoms with E-state index in [0.29, 0.717) is 27.2 Å². The maximum absolute atomic E-state index is 13.3. The molecule has 0 radical (unpaired) electrons. The van der Waals surface area contributed by atoms with E-state index in [-0.39, 0.29) is 17.9 Å². The van der Waals surface area contributed by atoms with Gasteiger partial charge in [-0.1, -0.05) is 60.1 Å². The van der Waals surface area contributed by atoms with Crippen LogP contribution in [-0.2, 0) is 0 Å². The number of benzene rings is 4. The zero-order chi connectivity index (χ0) is 21.5.